The van der Waals surface area contributed by atoms with Crippen molar-refractivity contribution in [2.75, 3.05) is 6.61 Å². The molecule has 1 heterocycles. The van der Waals surface area contributed by atoms with Crippen molar-refractivity contribution in [3.05, 3.63) is 65.7 Å². The van der Waals surface area contributed by atoms with Crippen LogP contribution in [0, 0.1) is 5.82 Å². The number of nitrogens with zero attached hydrogens (tertiary/aromatic N) is 1. The zero-order chi connectivity index (χ0) is 17.7. The quantitative estimate of drug-likeness (QED) is 0.781. The van der Waals surface area contributed by atoms with Gasteiger partial charge in [0.05, 0.1) is 23.9 Å². The van der Waals surface area contributed by atoms with Crippen molar-refractivity contribution in [1.82, 2.24) is 15.6 Å². The molecule has 3 N–H and O–H groups in total. The summed E-state index contributed by atoms with van der Waals surface area (Å²) in [5.41, 5.74) is 0.659. The summed E-state index contributed by atoms with van der Waals surface area (Å²) in [5.74, 6) is -0.372. The average Bonchev–Trinajstić information content (AvgIpc) is 3.09. The minimum atomic E-state index is -0.575. The van der Waals surface area contributed by atoms with Gasteiger partial charge in [0.1, 0.15) is 5.82 Å². The van der Waals surface area contributed by atoms with Crippen molar-refractivity contribution >= 4 is 6.03 Å². The number of benzene rings is 1. The van der Waals surface area contributed by atoms with E-state index < -0.39 is 17.6 Å². The molecule has 1 aromatic carbocycles. The lowest BCUT2D eigenvalue weighted by molar-refractivity contribution is 0.162. The van der Waals surface area contributed by atoms with Gasteiger partial charge in [-0.1, -0.05) is 31.0 Å². The number of hydrogen-bond donors (Lipinski definition) is 3. The maximum absolute atomic E-state index is 13.6. The number of hydrogen-bond acceptors (Lipinski definition) is 3. The number of nitrogens with one attached hydrogen (secondary N) is 2. The van der Waals surface area contributed by atoms with E-state index >= 15 is 0 Å². The van der Waals surface area contributed by atoms with Crippen LogP contribution in [0.3, 0.4) is 0 Å². The lowest BCUT2D eigenvalue weighted by Gasteiger charge is -2.29. The Labute approximate surface area is 146 Å². The molecular formula is C19H22FN3O2. The third-order valence-electron chi connectivity index (χ3n) is 4.68. The summed E-state index contributed by atoms with van der Waals surface area (Å²) in [6.45, 7) is -0.0887. The molecule has 25 heavy (non-hydrogen) atoms. The Morgan fingerprint density at radius 2 is 2.04 bits per heavy atom. The fraction of sp³-hybridized carbons (Fsp3) is 0.368. The van der Waals surface area contributed by atoms with Gasteiger partial charge in [-0.3, -0.25) is 4.98 Å². The van der Waals surface area contributed by atoms with E-state index in [-0.39, 0.29) is 12.4 Å². The van der Waals surface area contributed by atoms with Crippen LogP contribution < -0.4 is 10.6 Å². The van der Waals surface area contributed by atoms with Gasteiger partial charge in [0, 0.05) is 6.20 Å². The van der Waals surface area contributed by atoms with Crippen LogP contribution in [0.5, 0.6) is 0 Å². The van der Waals surface area contributed by atoms with Crippen molar-refractivity contribution in [2.45, 2.75) is 37.3 Å². The molecule has 1 unspecified atom stereocenters. The molecule has 1 aliphatic carbocycles. The molecule has 3 rings (SSSR count). The Morgan fingerprint density at radius 1 is 1.24 bits per heavy atom. The third kappa shape index (κ3) is 4.14. The maximum Gasteiger partial charge on any atom is 0.316 e. The minimum Gasteiger partial charge on any atom is -0.394 e. The van der Waals surface area contributed by atoms with Gasteiger partial charge in [-0.2, -0.15) is 0 Å². The summed E-state index contributed by atoms with van der Waals surface area (Å²) in [5, 5.41) is 15.4. The minimum absolute atomic E-state index is 0.0887. The lowest BCUT2D eigenvalue weighted by atomic mass is 9.99. The molecule has 1 saturated carbocycles. The molecule has 0 aliphatic heterocycles. The highest BCUT2D eigenvalue weighted by molar-refractivity contribution is 5.76. The highest BCUT2D eigenvalue weighted by Crippen LogP contribution is 2.29. The van der Waals surface area contributed by atoms with Crippen molar-refractivity contribution < 1.29 is 14.3 Å². The Hall–Kier alpha value is -2.47. The first-order valence-corrected chi connectivity index (χ1v) is 8.48. The van der Waals surface area contributed by atoms with Crippen molar-refractivity contribution in [1.29, 1.82) is 0 Å². The van der Waals surface area contributed by atoms with Crippen LogP contribution in [0.1, 0.15) is 43.0 Å². The summed E-state index contributed by atoms with van der Waals surface area (Å²) in [6, 6.07) is 10.5. The van der Waals surface area contributed by atoms with E-state index in [1.807, 2.05) is 6.07 Å². The Bertz CT molecular complexity index is 718. The number of amides is 2. The van der Waals surface area contributed by atoms with Gasteiger partial charge >= 0.3 is 6.03 Å². The van der Waals surface area contributed by atoms with E-state index in [9.17, 15) is 14.3 Å². The summed E-state index contributed by atoms with van der Waals surface area (Å²) < 4.78 is 13.6. The number of pyridine rings is 1. The van der Waals surface area contributed by atoms with Crippen molar-refractivity contribution in [2.24, 2.45) is 0 Å². The summed E-state index contributed by atoms with van der Waals surface area (Å²) in [6.07, 6.45) is 5.10. The Balaban J connectivity index is 1.81. The number of aliphatic hydroxyl groups excluding tert-OH is 1. The highest BCUT2D eigenvalue weighted by atomic mass is 19.1. The second kappa shape index (κ2) is 7.61. The summed E-state index contributed by atoms with van der Waals surface area (Å²) in [7, 11) is 0. The number of carbonyl (C=O) groups excluding carboxylic acids is 1. The van der Waals surface area contributed by atoms with Crippen molar-refractivity contribution in [3.8, 4) is 0 Å². The van der Waals surface area contributed by atoms with Crippen LogP contribution in [0.25, 0.3) is 0 Å². The number of aromatic nitrogens is 1. The predicted molar refractivity (Wildman–Crippen MR) is 92.4 cm³/mol. The standard InChI is InChI=1S/C19H22FN3O2/c20-15-7-5-6-14(12-15)17(16-8-1-4-11-21-16)22-18(25)23-19(13-24)9-2-3-10-19/h1,4-8,11-12,17,24H,2-3,9-10,13H2,(H2,22,23,25). The zero-order valence-electron chi connectivity index (χ0n) is 13.9. The molecule has 1 fully saturated rings. The van der Waals surface area contributed by atoms with Gasteiger partial charge in [0.25, 0.3) is 0 Å². The molecule has 6 heteroatoms. The first kappa shape index (κ1) is 17.4. The molecule has 0 radical (unpaired) electrons. The predicted octanol–water partition coefficient (Wildman–Crippen LogP) is 2.91. The second-order valence-corrected chi connectivity index (χ2v) is 6.49. The molecular weight excluding hydrogens is 321 g/mol. The topological polar surface area (TPSA) is 74.2 Å². The lowest BCUT2D eigenvalue weighted by Crippen LogP contribution is -2.53. The molecule has 0 bridgehead atoms. The van der Waals surface area contributed by atoms with Crippen LogP contribution in [-0.4, -0.2) is 28.3 Å². The van der Waals surface area contributed by atoms with Gasteiger partial charge in [0.2, 0.25) is 0 Å². The van der Waals surface area contributed by atoms with E-state index in [1.165, 1.54) is 12.1 Å². The van der Waals surface area contributed by atoms with Gasteiger partial charge < -0.3 is 15.7 Å². The fourth-order valence-electron chi connectivity index (χ4n) is 3.34. The van der Waals surface area contributed by atoms with Crippen LogP contribution >= 0.6 is 0 Å². The Kier molecular flexibility index (Phi) is 5.28. The number of halogens is 1. The monoisotopic (exact) mass is 343 g/mol. The zero-order valence-corrected chi connectivity index (χ0v) is 13.9. The van der Waals surface area contributed by atoms with E-state index in [2.05, 4.69) is 15.6 Å². The Morgan fingerprint density at radius 3 is 2.68 bits per heavy atom. The molecule has 5 nitrogen and oxygen atoms in total. The van der Waals surface area contributed by atoms with Gasteiger partial charge in [-0.15, -0.1) is 0 Å². The van der Waals surface area contributed by atoms with Gasteiger partial charge in [-0.05, 0) is 42.7 Å². The smallest absolute Gasteiger partial charge is 0.316 e. The van der Waals surface area contributed by atoms with Crippen LogP contribution in [0.2, 0.25) is 0 Å². The number of carbonyl (C=O) groups is 1. The first-order chi connectivity index (χ1) is 12.1. The summed E-state index contributed by atoms with van der Waals surface area (Å²) in [4.78, 5) is 16.8. The molecule has 132 valence electrons. The van der Waals surface area contributed by atoms with Crippen LogP contribution in [0.4, 0.5) is 9.18 Å². The first-order valence-electron chi connectivity index (χ1n) is 8.48. The van der Waals surface area contributed by atoms with Gasteiger partial charge in [0.15, 0.2) is 0 Å². The molecule has 2 aromatic rings. The van der Waals surface area contributed by atoms with Crippen molar-refractivity contribution in [3.63, 3.8) is 0 Å². The third-order valence-corrected chi connectivity index (χ3v) is 4.68. The summed E-state index contributed by atoms with van der Waals surface area (Å²) >= 11 is 0. The average molecular weight is 343 g/mol. The molecule has 1 aliphatic rings. The largest absolute Gasteiger partial charge is 0.394 e. The van der Waals surface area contributed by atoms with E-state index in [0.29, 0.717) is 11.3 Å². The molecule has 0 spiro atoms. The molecule has 2 amide bonds. The van der Waals surface area contributed by atoms with Crippen LogP contribution in [-0.2, 0) is 0 Å². The maximum atomic E-state index is 13.6. The normalized spacial score (nSPS) is 17.0. The SMILES string of the molecule is O=C(NC(c1cccc(F)c1)c1ccccn1)NC1(CO)CCCC1. The fourth-order valence-corrected chi connectivity index (χ4v) is 3.34. The van der Waals surface area contributed by atoms with Gasteiger partial charge in [-0.25, -0.2) is 9.18 Å². The van der Waals surface area contributed by atoms with E-state index in [4.69, 9.17) is 0 Å². The molecule has 0 saturated heterocycles. The molecule has 1 aromatic heterocycles. The highest BCUT2D eigenvalue weighted by Gasteiger charge is 2.35. The number of rotatable bonds is 5. The number of aliphatic hydroxyl groups is 1. The number of urea groups is 1. The van der Waals surface area contributed by atoms with E-state index in [1.54, 1.807) is 30.5 Å². The molecule has 1 atom stereocenters. The van der Waals surface area contributed by atoms with E-state index in [0.717, 1.165) is 25.7 Å². The van der Waals surface area contributed by atoms with Crippen LogP contribution in [0.15, 0.2) is 48.7 Å². The second-order valence-electron chi connectivity index (χ2n) is 6.49.